The molecule has 17 heavy (non-hydrogen) atoms. The van der Waals surface area contributed by atoms with Crippen LogP contribution in [0.5, 0.6) is 0 Å². The topological polar surface area (TPSA) is 52.0 Å². The van der Waals surface area contributed by atoms with Crippen molar-refractivity contribution in [1.82, 2.24) is 20.1 Å². The predicted molar refractivity (Wildman–Crippen MR) is 65.8 cm³/mol. The first-order chi connectivity index (χ1) is 8.22. The molecule has 0 fully saturated rings. The Morgan fingerprint density at radius 3 is 3.00 bits per heavy atom. The Morgan fingerprint density at radius 2 is 2.24 bits per heavy atom. The molecule has 2 rings (SSSR count). The van der Waals surface area contributed by atoms with Crippen LogP contribution in [0.2, 0.25) is 0 Å². The molecule has 1 N–H and O–H groups in total. The van der Waals surface area contributed by atoms with E-state index in [2.05, 4.69) is 33.9 Å². The van der Waals surface area contributed by atoms with Crippen molar-refractivity contribution in [2.45, 2.75) is 39.3 Å². The van der Waals surface area contributed by atoms with Crippen LogP contribution in [-0.2, 0) is 17.7 Å². The first kappa shape index (κ1) is 12.5. The number of fused-ring (bicyclic) bond motifs is 1. The van der Waals surface area contributed by atoms with E-state index < -0.39 is 0 Å². The van der Waals surface area contributed by atoms with E-state index in [1.54, 1.807) is 7.11 Å². The third-order valence-corrected chi connectivity index (χ3v) is 3.25. The second-order valence-electron chi connectivity index (χ2n) is 4.92. The van der Waals surface area contributed by atoms with Crippen LogP contribution < -0.4 is 5.32 Å². The predicted octanol–water partition coefficient (Wildman–Crippen LogP) is 1.16. The average Bonchev–Trinajstić information content (AvgIpc) is 2.87. The summed E-state index contributed by atoms with van der Waals surface area (Å²) < 4.78 is 7.38. The van der Waals surface area contributed by atoms with Crippen molar-refractivity contribution in [3.8, 4) is 0 Å². The summed E-state index contributed by atoms with van der Waals surface area (Å²) in [6.07, 6.45) is 2.27. The van der Waals surface area contributed by atoms with Crippen LogP contribution in [-0.4, -0.2) is 35.0 Å². The second-order valence-corrected chi connectivity index (χ2v) is 4.92. The van der Waals surface area contributed by atoms with E-state index in [0.29, 0.717) is 5.92 Å². The lowest BCUT2D eigenvalue weighted by atomic mass is 10.2. The van der Waals surface area contributed by atoms with Gasteiger partial charge in [0.2, 0.25) is 0 Å². The van der Waals surface area contributed by atoms with E-state index in [0.717, 1.165) is 37.8 Å². The van der Waals surface area contributed by atoms with E-state index in [1.807, 2.05) is 0 Å². The quantitative estimate of drug-likeness (QED) is 0.808. The fourth-order valence-corrected chi connectivity index (χ4v) is 2.31. The number of hydrogen-bond acceptors (Lipinski definition) is 4. The molecule has 0 saturated heterocycles. The Labute approximate surface area is 103 Å². The number of rotatable bonds is 6. The van der Waals surface area contributed by atoms with Crippen molar-refractivity contribution < 1.29 is 4.74 Å². The van der Waals surface area contributed by atoms with E-state index in [1.165, 1.54) is 6.42 Å². The van der Waals surface area contributed by atoms with E-state index in [9.17, 15) is 0 Å². The van der Waals surface area contributed by atoms with Gasteiger partial charge in [-0.3, -0.25) is 0 Å². The minimum atomic E-state index is 0.258. The fraction of sp³-hybridized carbons (Fsp3) is 0.833. The molecule has 1 aliphatic heterocycles. The van der Waals surface area contributed by atoms with Crippen molar-refractivity contribution in [3.05, 3.63) is 11.6 Å². The molecule has 0 bridgehead atoms. The highest BCUT2D eigenvalue weighted by Crippen LogP contribution is 2.18. The maximum absolute atomic E-state index is 5.13. The summed E-state index contributed by atoms with van der Waals surface area (Å²) in [5, 5.41) is 12.0. The lowest BCUT2D eigenvalue weighted by Gasteiger charge is -2.17. The summed E-state index contributed by atoms with van der Waals surface area (Å²) in [6.45, 7) is 7.12. The molecule has 0 amide bonds. The van der Waals surface area contributed by atoms with Crippen molar-refractivity contribution in [2.75, 3.05) is 20.3 Å². The van der Waals surface area contributed by atoms with E-state index >= 15 is 0 Å². The highest BCUT2D eigenvalue weighted by Gasteiger charge is 2.21. The normalized spacial score (nSPS) is 18.1. The van der Waals surface area contributed by atoms with Gasteiger partial charge in [0.25, 0.3) is 0 Å². The molecule has 0 radical (unpaired) electrons. The van der Waals surface area contributed by atoms with E-state index in [-0.39, 0.29) is 6.04 Å². The van der Waals surface area contributed by atoms with Gasteiger partial charge in [-0.25, -0.2) is 0 Å². The van der Waals surface area contributed by atoms with Crippen LogP contribution in [0.15, 0.2) is 0 Å². The van der Waals surface area contributed by atoms with E-state index in [4.69, 9.17) is 4.74 Å². The molecule has 1 aromatic heterocycles. The highest BCUT2D eigenvalue weighted by molar-refractivity contribution is 5.03. The van der Waals surface area contributed by atoms with Gasteiger partial charge >= 0.3 is 0 Å². The molecule has 0 aromatic carbocycles. The van der Waals surface area contributed by atoms with Crippen LogP contribution in [0.25, 0.3) is 0 Å². The molecule has 2 heterocycles. The second kappa shape index (κ2) is 5.60. The van der Waals surface area contributed by atoms with Gasteiger partial charge in [-0.05, 0) is 19.3 Å². The minimum Gasteiger partial charge on any atom is -0.384 e. The van der Waals surface area contributed by atoms with Gasteiger partial charge in [0, 0.05) is 33.2 Å². The third-order valence-electron chi connectivity index (χ3n) is 3.25. The molecule has 1 aliphatic rings. The van der Waals surface area contributed by atoms with Gasteiger partial charge in [-0.1, -0.05) is 6.92 Å². The van der Waals surface area contributed by atoms with Crippen LogP contribution in [0.4, 0.5) is 0 Å². The van der Waals surface area contributed by atoms with Gasteiger partial charge in [-0.2, -0.15) is 0 Å². The average molecular weight is 238 g/mol. The van der Waals surface area contributed by atoms with Crippen molar-refractivity contribution in [3.63, 3.8) is 0 Å². The van der Waals surface area contributed by atoms with Crippen LogP contribution in [0, 0.1) is 5.92 Å². The Kier molecular flexibility index (Phi) is 4.12. The zero-order chi connectivity index (χ0) is 12.3. The highest BCUT2D eigenvalue weighted by atomic mass is 16.5. The lowest BCUT2D eigenvalue weighted by Crippen LogP contribution is -2.28. The number of hydrogen-bond donors (Lipinski definition) is 1. The number of nitrogens with zero attached hydrogens (tertiary/aromatic N) is 3. The lowest BCUT2D eigenvalue weighted by molar-refractivity contribution is 0.157. The van der Waals surface area contributed by atoms with Crippen LogP contribution in [0.1, 0.15) is 38.0 Å². The summed E-state index contributed by atoms with van der Waals surface area (Å²) in [5.41, 5.74) is 0. The van der Waals surface area contributed by atoms with Gasteiger partial charge in [0.05, 0.1) is 6.04 Å². The first-order valence-electron chi connectivity index (χ1n) is 6.36. The molecular formula is C12H22N4O. The van der Waals surface area contributed by atoms with Gasteiger partial charge in [0.15, 0.2) is 0 Å². The third kappa shape index (κ3) is 2.84. The Balaban J connectivity index is 1.89. The number of methoxy groups -OCH3 is 1. The summed E-state index contributed by atoms with van der Waals surface area (Å²) in [5.74, 6) is 2.73. The maximum atomic E-state index is 5.13. The van der Waals surface area contributed by atoms with Gasteiger partial charge < -0.3 is 14.6 Å². The number of nitrogens with one attached hydrogen (secondary N) is 1. The zero-order valence-electron chi connectivity index (χ0n) is 10.9. The molecule has 1 aromatic rings. The molecule has 2 atom stereocenters. The number of ether oxygens (including phenoxy) is 1. The first-order valence-corrected chi connectivity index (χ1v) is 6.36. The molecule has 0 aliphatic carbocycles. The van der Waals surface area contributed by atoms with Crippen LogP contribution in [0.3, 0.4) is 0 Å². The Morgan fingerprint density at radius 1 is 1.41 bits per heavy atom. The SMILES string of the molecule is COCC(C)CNC(C)c1nnc2n1CCC2. The molecule has 0 spiro atoms. The largest absolute Gasteiger partial charge is 0.384 e. The zero-order valence-corrected chi connectivity index (χ0v) is 10.9. The standard InChI is InChI=1S/C12H22N4O/c1-9(8-17-3)7-13-10(2)12-15-14-11-5-4-6-16(11)12/h9-10,13H,4-8H2,1-3H3. The molecule has 96 valence electrons. The van der Waals surface area contributed by atoms with Gasteiger partial charge in [-0.15, -0.1) is 10.2 Å². The molecule has 5 heteroatoms. The summed E-state index contributed by atoms with van der Waals surface area (Å²) in [4.78, 5) is 0. The fourth-order valence-electron chi connectivity index (χ4n) is 2.31. The van der Waals surface area contributed by atoms with Crippen molar-refractivity contribution >= 4 is 0 Å². The summed E-state index contributed by atoms with van der Waals surface area (Å²) >= 11 is 0. The minimum absolute atomic E-state index is 0.258. The summed E-state index contributed by atoms with van der Waals surface area (Å²) in [7, 11) is 1.74. The maximum Gasteiger partial charge on any atom is 0.149 e. The van der Waals surface area contributed by atoms with Crippen LogP contribution >= 0.6 is 0 Å². The number of aryl methyl sites for hydroxylation is 1. The molecule has 0 saturated carbocycles. The molecular weight excluding hydrogens is 216 g/mol. The van der Waals surface area contributed by atoms with Gasteiger partial charge in [0.1, 0.15) is 11.6 Å². The Hall–Kier alpha value is -0.940. The monoisotopic (exact) mass is 238 g/mol. The molecule has 2 unspecified atom stereocenters. The van der Waals surface area contributed by atoms with Crippen molar-refractivity contribution in [2.24, 2.45) is 5.92 Å². The molecule has 5 nitrogen and oxygen atoms in total. The number of aromatic nitrogens is 3. The smallest absolute Gasteiger partial charge is 0.149 e. The van der Waals surface area contributed by atoms with Crippen molar-refractivity contribution in [1.29, 1.82) is 0 Å². The Bertz CT molecular complexity index is 363. The summed E-state index contributed by atoms with van der Waals surface area (Å²) in [6, 6.07) is 0.258.